The minimum absolute atomic E-state index is 0.0798. The third kappa shape index (κ3) is 6.35. The van der Waals surface area contributed by atoms with Gasteiger partial charge in [0.1, 0.15) is 5.75 Å². The first kappa shape index (κ1) is 21.4. The highest BCUT2D eigenvalue weighted by Gasteiger charge is 2.18. The molecule has 9 heteroatoms. The molecule has 0 aliphatic rings. The molecule has 0 saturated heterocycles. The smallest absolute Gasteiger partial charge is 0.344 e. The van der Waals surface area contributed by atoms with Crippen LogP contribution in [0.3, 0.4) is 0 Å². The molecule has 0 fully saturated rings. The predicted molar refractivity (Wildman–Crippen MR) is 105 cm³/mol. The van der Waals surface area contributed by atoms with Gasteiger partial charge in [-0.2, -0.15) is 0 Å². The van der Waals surface area contributed by atoms with Crippen LogP contribution < -0.4 is 16.2 Å². The first-order valence-electron chi connectivity index (χ1n) is 8.55. The molecule has 0 aliphatic heterocycles. The summed E-state index contributed by atoms with van der Waals surface area (Å²) in [5, 5.41) is 0. The summed E-state index contributed by atoms with van der Waals surface area (Å²) >= 11 is 0. The zero-order chi connectivity index (χ0) is 21.4. The highest BCUT2D eigenvalue weighted by molar-refractivity contribution is 5.91. The van der Waals surface area contributed by atoms with E-state index in [1.807, 2.05) is 0 Å². The van der Waals surface area contributed by atoms with Crippen LogP contribution in [0.5, 0.6) is 5.75 Å². The topological polar surface area (TPSA) is 143 Å². The number of rotatable bonds is 7. The third-order valence-corrected chi connectivity index (χ3v) is 3.87. The van der Waals surface area contributed by atoms with Crippen molar-refractivity contribution >= 4 is 29.6 Å². The van der Waals surface area contributed by atoms with E-state index in [0.717, 1.165) is 0 Å². The van der Waals surface area contributed by atoms with Gasteiger partial charge in [0.2, 0.25) is 0 Å². The van der Waals surface area contributed by atoms with Gasteiger partial charge in [-0.15, -0.1) is 0 Å². The SMILES string of the molecule is COC(=O)COC(=O)[C@@H](C)c1ccc(OC(=O)c2ccc(N=C(N)N)cc2)cc1. The third-order valence-electron chi connectivity index (χ3n) is 3.87. The normalized spacial score (nSPS) is 11.1. The molecule has 9 nitrogen and oxygen atoms in total. The molecule has 0 aliphatic carbocycles. The van der Waals surface area contributed by atoms with Crippen LogP contribution in [0.25, 0.3) is 0 Å². The molecule has 2 aromatic rings. The van der Waals surface area contributed by atoms with Crippen molar-refractivity contribution in [3.63, 3.8) is 0 Å². The van der Waals surface area contributed by atoms with E-state index in [-0.39, 0.29) is 5.96 Å². The van der Waals surface area contributed by atoms with Crippen molar-refractivity contribution in [3.05, 3.63) is 59.7 Å². The van der Waals surface area contributed by atoms with Gasteiger partial charge in [-0.3, -0.25) is 4.79 Å². The number of hydrogen-bond acceptors (Lipinski definition) is 7. The van der Waals surface area contributed by atoms with Gasteiger partial charge < -0.3 is 25.7 Å². The number of ether oxygens (including phenoxy) is 3. The van der Waals surface area contributed by atoms with Gasteiger partial charge in [-0.1, -0.05) is 12.1 Å². The number of nitrogens with two attached hydrogens (primary N) is 2. The molecule has 0 amide bonds. The van der Waals surface area contributed by atoms with Crippen molar-refractivity contribution in [2.45, 2.75) is 12.8 Å². The van der Waals surface area contributed by atoms with Gasteiger partial charge in [0.15, 0.2) is 12.6 Å². The summed E-state index contributed by atoms with van der Waals surface area (Å²) in [6.45, 7) is 1.19. The number of methoxy groups -OCH3 is 1. The van der Waals surface area contributed by atoms with Crippen molar-refractivity contribution in [2.24, 2.45) is 16.5 Å². The van der Waals surface area contributed by atoms with Gasteiger partial charge in [-0.05, 0) is 48.9 Å². The van der Waals surface area contributed by atoms with Crippen LogP contribution in [-0.4, -0.2) is 37.6 Å². The van der Waals surface area contributed by atoms with Crippen LogP contribution in [0.4, 0.5) is 5.69 Å². The first-order chi connectivity index (χ1) is 13.8. The van der Waals surface area contributed by atoms with Crippen LogP contribution in [0.1, 0.15) is 28.8 Å². The van der Waals surface area contributed by atoms with Crippen molar-refractivity contribution in [1.29, 1.82) is 0 Å². The van der Waals surface area contributed by atoms with E-state index < -0.39 is 30.4 Å². The minimum atomic E-state index is -0.640. The number of benzene rings is 2. The summed E-state index contributed by atoms with van der Waals surface area (Å²) in [5.41, 5.74) is 12.1. The largest absolute Gasteiger partial charge is 0.466 e. The van der Waals surface area contributed by atoms with Crippen molar-refractivity contribution in [1.82, 2.24) is 0 Å². The summed E-state index contributed by atoms with van der Waals surface area (Å²) in [5.74, 6) is -2.14. The van der Waals surface area contributed by atoms with E-state index in [1.54, 1.807) is 43.3 Å². The molecule has 0 spiro atoms. The summed E-state index contributed by atoms with van der Waals surface area (Å²) in [4.78, 5) is 39.1. The number of carbonyl (C=O) groups is 3. The lowest BCUT2D eigenvalue weighted by Crippen LogP contribution is -2.21. The monoisotopic (exact) mass is 399 g/mol. The average Bonchev–Trinajstić information content (AvgIpc) is 2.71. The Hall–Kier alpha value is -3.88. The van der Waals surface area contributed by atoms with Gasteiger partial charge in [0.05, 0.1) is 24.3 Å². The second-order valence-corrected chi connectivity index (χ2v) is 5.95. The molecule has 0 heterocycles. The van der Waals surface area contributed by atoms with Gasteiger partial charge in [0, 0.05) is 0 Å². The first-order valence-corrected chi connectivity index (χ1v) is 8.55. The number of aliphatic imine (C=N–C) groups is 1. The molecular weight excluding hydrogens is 378 g/mol. The van der Waals surface area contributed by atoms with E-state index in [9.17, 15) is 14.4 Å². The Balaban J connectivity index is 1.97. The highest BCUT2D eigenvalue weighted by Crippen LogP contribution is 2.22. The fraction of sp³-hybridized carbons (Fsp3) is 0.200. The van der Waals surface area contributed by atoms with Crippen LogP contribution in [0, 0.1) is 0 Å². The minimum Gasteiger partial charge on any atom is -0.466 e. The quantitative estimate of drug-likeness (QED) is 0.309. The zero-order valence-corrected chi connectivity index (χ0v) is 16.0. The molecule has 152 valence electrons. The Morgan fingerprint density at radius 2 is 1.62 bits per heavy atom. The zero-order valence-electron chi connectivity index (χ0n) is 16.0. The number of nitrogens with zero attached hydrogens (tertiary/aromatic N) is 1. The molecule has 0 radical (unpaired) electrons. The molecule has 0 bridgehead atoms. The van der Waals surface area contributed by atoms with Crippen LogP contribution in [0.15, 0.2) is 53.5 Å². The standard InChI is InChI=1S/C20H21N3O6/c1-12(18(25)28-11-17(24)27-2)13-5-9-16(10-6-13)29-19(26)14-3-7-15(8-4-14)23-20(21)22/h3-10,12H,11H2,1-2H3,(H4,21,22,23)/t12-/m0/s1. The van der Waals surface area contributed by atoms with Crippen LogP contribution in [0.2, 0.25) is 0 Å². The maximum atomic E-state index is 12.2. The lowest BCUT2D eigenvalue weighted by Gasteiger charge is -2.12. The average molecular weight is 399 g/mol. The maximum Gasteiger partial charge on any atom is 0.344 e. The molecule has 2 aromatic carbocycles. The maximum absolute atomic E-state index is 12.2. The Labute approximate surface area is 167 Å². The fourth-order valence-corrected chi connectivity index (χ4v) is 2.26. The highest BCUT2D eigenvalue weighted by atomic mass is 16.6. The van der Waals surface area contributed by atoms with Crippen molar-refractivity contribution in [3.8, 4) is 5.75 Å². The summed E-state index contributed by atoms with van der Waals surface area (Å²) in [6, 6.07) is 12.6. The van der Waals surface area contributed by atoms with E-state index in [0.29, 0.717) is 22.6 Å². The van der Waals surface area contributed by atoms with Gasteiger partial charge in [-0.25, -0.2) is 14.6 Å². The molecular formula is C20H21N3O6. The molecule has 2 rings (SSSR count). The molecule has 4 N–H and O–H groups in total. The summed E-state index contributed by atoms with van der Waals surface area (Å²) in [6.07, 6.45) is 0. The second kappa shape index (κ2) is 9.88. The van der Waals surface area contributed by atoms with Crippen molar-refractivity contribution in [2.75, 3.05) is 13.7 Å². The van der Waals surface area contributed by atoms with E-state index >= 15 is 0 Å². The Morgan fingerprint density at radius 1 is 1.00 bits per heavy atom. The second-order valence-electron chi connectivity index (χ2n) is 5.95. The van der Waals surface area contributed by atoms with Crippen molar-refractivity contribution < 1.29 is 28.6 Å². The lowest BCUT2D eigenvalue weighted by molar-refractivity contribution is -0.157. The van der Waals surface area contributed by atoms with Gasteiger partial charge in [0.25, 0.3) is 0 Å². The number of carbonyl (C=O) groups excluding carboxylic acids is 3. The lowest BCUT2D eigenvalue weighted by atomic mass is 10.0. The molecule has 0 aromatic heterocycles. The predicted octanol–water partition coefficient (Wildman–Crippen LogP) is 1.63. The van der Waals surface area contributed by atoms with E-state index in [2.05, 4.69) is 9.73 Å². The number of hydrogen-bond donors (Lipinski definition) is 2. The molecule has 0 unspecified atom stereocenters. The van der Waals surface area contributed by atoms with E-state index in [4.69, 9.17) is 20.9 Å². The Kier molecular flexibility index (Phi) is 7.30. The molecule has 29 heavy (non-hydrogen) atoms. The fourth-order valence-electron chi connectivity index (χ4n) is 2.26. The molecule has 1 atom stereocenters. The van der Waals surface area contributed by atoms with E-state index in [1.165, 1.54) is 19.2 Å². The summed E-state index contributed by atoms with van der Waals surface area (Å²) < 4.78 is 14.6. The molecule has 0 saturated carbocycles. The summed E-state index contributed by atoms with van der Waals surface area (Å²) in [7, 11) is 1.21. The van der Waals surface area contributed by atoms with Crippen LogP contribution in [-0.2, 0) is 19.1 Å². The van der Waals surface area contributed by atoms with Gasteiger partial charge >= 0.3 is 17.9 Å². The van der Waals surface area contributed by atoms with Crippen LogP contribution >= 0.6 is 0 Å². The Morgan fingerprint density at radius 3 is 2.17 bits per heavy atom. The number of esters is 3. The number of guanidine groups is 1. The Bertz CT molecular complexity index is 903.